The maximum Gasteiger partial charge on any atom is 0.187 e. The Morgan fingerprint density at radius 3 is 2.39 bits per heavy atom. The topological polar surface area (TPSA) is 198 Å². The van der Waals surface area contributed by atoms with Crippen LogP contribution in [0.5, 0.6) is 0 Å². The minimum Gasteiger partial charge on any atom is -0.394 e. The van der Waals surface area contributed by atoms with Gasteiger partial charge in [-0.15, -0.1) is 0 Å². The van der Waals surface area contributed by atoms with Crippen LogP contribution < -0.4 is 5.73 Å². The number of aromatic nitrogens is 4. The van der Waals surface area contributed by atoms with E-state index in [-0.39, 0.29) is 5.82 Å². The van der Waals surface area contributed by atoms with E-state index in [4.69, 9.17) is 19.9 Å². The van der Waals surface area contributed by atoms with Gasteiger partial charge in [0.2, 0.25) is 0 Å². The van der Waals surface area contributed by atoms with Crippen molar-refractivity contribution in [2.45, 2.75) is 49.1 Å². The highest BCUT2D eigenvalue weighted by Gasteiger charge is 2.51. The molecule has 0 bridgehead atoms. The van der Waals surface area contributed by atoms with Gasteiger partial charge in [-0.3, -0.25) is 4.57 Å². The van der Waals surface area contributed by atoms with Gasteiger partial charge in [0, 0.05) is 0 Å². The number of fused-ring (bicyclic) bond motifs is 1. The molecule has 13 nitrogen and oxygen atoms in total. The van der Waals surface area contributed by atoms with E-state index < -0.39 is 62.4 Å². The fourth-order valence-electron chi connectivity index (χ4n) is 3.43. The normalized spacial score (nSPS) is 38.5. The van der Waals surface area contributed by atoms with Crippen molar-refractivity contribution in [3.8, 4) is 0 Å². The Balaban J connectivity index is 1.64. The molecule has 0 saturated carbocycles. The van der Waals surface area contributed by atoms with Crippen LogP contribution in [0.4, 0.5) is 5.82 Å². The molecule has 154 valence electrons. The molecule has 7 N–H and O–H groups in total. The molecule has 4 heterocycles. The molecule has 0 radical (unpaired) electrons. The van der Waals surface area contributed by atoms with Crippen molar-refractivity contribution in [2.24, 2.45) is 0 Å². The maximum absolute atomic E-state index is 10.5. The fraction of sp³-hybridized carbons (Fsp3) is 0.667. The molecule has 8 unspecified atom stereocenters. The van der Waals surface area contributed by atoms with Crippen LogP contribution in [0, 0.1) is 0 Å². The van der Waals surface area contributed by atoms with Crippen LogP contribution >= 0.6 is 0 Å². The number of anilines is 1. The first-order valence-corrected chi connectivity index (χ1v) is 8.61. The number of nitrogens with two attached hydrogens (primary N) is 1. The smallest absolute Gasteiger partial charge is 0.187 e. The summed E-state index contributed by atoms with van der Waals surface area (Å²) in [5.41, 5.74) is 6.42. The highest BCUT2D eigenvalue weighted by molar-refractivity contribution is 5.81. The van der Waals surface area contributed by atoms with Crippen molar-refractivity contribution < 1.29 is 39.7 Å². The predicted molar refractivity (Wildman–Crippen MR) is 89.4 cm³/mol. The van der Waals surface area contributed by atoms with Crippen molar-refractivity contribution in [1.29, 1.82) is 0 Å². The van der Waals surface area contributed by atoms with Gasteiger partial charge < -0.3 is 45.5 Å². The SMILES string of the molecule is Nc1ncnc2c1ncn2C1OC(CO)C(O)C1OC1OC(CO)C(O)C1O. The summed E-state index contributed by atoms with van der Waals surface area (Å²) >= 11 is 0. The lowest BCUT2D eigenvalue weighted by Crippen LogP contribution is -2.42. The van der Waals surface area contributed by atoms with Crippen LogP contribution in [0.25, 0.3) is 11.2 Å². The zero-order valence-electron chi connectivity index (χ0n) is 14.5. The molecule has 8 atom stereocenters. The summed E-state index contributed by atoms with van der Waals surface area (Å²) in [6.45, 7) is -1.01. The van der Waals surface area contributed by atoms with Crippen molar-refractivity contribution in [3.63, 3.8) is 0 Å². The van der Waals surface area contributed by atoms with Crippen LogP contribution in [0.2, 0.25) is 0 Å². The molecule has 2 saturated heterocycles. The van der Waals surface area contributed by atoms with Crippen LogP contribution in [0.3, 0.4) is 0 Å². The van der Waals surface area contributed by atoms with Crippen molar-refractivity contribution in [2.75, 3.05) is 18.9 Å². The lowest BCUT2D eigenvalue weighted by Gasteiger charge is -2.26. The van der Waals surface area contributed by atoms with Crippen molar-refractivity contribution >= 4 is 17.0 Å². The van der Waals surface area contributed by atoms with E-state index in [0.29, 0.717) is 11.2 Å². The Labute approximate surface area is 157 Å². The molecule has 0 spiro atoms. The minimum absolute atomic E-state index is 0.155. The van der Waals surface area contributed by atoms with Gasteiger partial charge in [0.15, 0.2) is 24.0 Å². The van der Waals surface area contributed by atoms with Crippen LogP contribution in [0.15, 0.2) is 12.7 Å². The van der Waals surface area contributed by atoms with E-state index in [0.717, 1.165) is 0 Å². The molecule has 2 aliphatic heterocycles. The van der Waals surface area contributed by atoms with E-state index >= 15 is 0 Å². The number of hydrogen-bond acceptors (Lipinski definition) is 12. The summed E-state index contributed by atoms with van der Waals surface area (Å²) in [4.78, 5) is 12.1. The number of aliphatic hydroxyl groups excluding tert-OH is 5. The molecular weight excluding hydrogens is 378 g/mol. The molecule has 2 aromatic rings. The Morgan fingerprint density at radius 2 is 1.71 bits per heavy atom. The Kier molecular flexibility index (Phi) is 5.15. The zero-order valence-corrected chi connectivity index (χ0v) is 14.5. The summed E-state index contributed by atoms with van der Waals surface area (Å²) in [7, 11) is 0. The first kappa shape index (κ1) is 19.4. The third-order valence-corrected chi connectivity index (χ3v) is 4.94. The molecule has 0 aromatic carbocycles. The van der Waals surface area contributed by atoms with Crippen LogP contribution in [-0.4, -0.2) is 101 Å². The number of nitrogen functional groups attached to an aromatic ring is 1. The monoisotopic (exact) mass is 399 g/mol. The second-order valence-corrected chi connectivity index (χ2v) is 6.63. The Hall–Kier alpha value is -1.97. The standard InChI is InChI=1S/C15H21N5O8/c16-12-7-13(18-3-17-12)20(4-19-7)14-11(9(24)6(2-22)26-14)28-15-10(25)8(23)5(1-21)27-15/h3-6,8-11,14-15,21-25H,1-2H2,(H2,16,17,18). The maximum atomic E-state index is 10.5. The van der Waals surface area contributed by atoms with Gasteiger partial charge in [-0.1, -0.05) is 0 Å². The minimum atomic E-state index is -1.45. The molecule has 0 amide bonds. The molecule has 2 aliphatic rings. The highest BCUT2D eigenvalue weighted by Crippen LogP contribution is 2.36. The lowest BCUT2D eigenvalue weighted by atomic mass is 10.1. The van der Waals surface area contributed by atoms with Gasteiger partial charge >= 0.3 is 0 Å². The Bertz CT molecular complexity index is 836. The van der Waals surface area contributed by atoms with E-state index in [1.807, 2.05) is 0 Å². The average molecular weight is 399 g/mol. The van der Waals surface area contributed by atoms with Gasteiger partial charge in [0.05, 0.1) is 19.5 Å². The number of aliphatic hydroxyl groups is 5. The van der Waals surface area contributed by atoms with Crippen LogP contribution in [-0.2, 0) is 14.2 Å². The summed E-state index contributed by atoms with van der Waals surface area (Å²) in [6, 6.07) is 0. The van der Waals surface area contributed by atoms with Gasteiger partial charge in [0.1, 0.15) is 48.5 Å². The third kappa shape index (κ3) is 3.01. The number of ether oxygens (including phenoxy) is 3. The summed E-state index contributed by atoms with van der Waals surface area (Å²) < 4.78 is 18.2. The summed E-state index contributed by atoms with van der Waals surface area (Å²) in [5.74, 6) is 0.155. The van der Waals surface area contributed by atoms with E-state index in [1.165, 1.54) is 17.2 Å². The first-order chi connectivity index (χ1) is 13.5. The molecule has 0 aliphatic carbocycles. The van der Waals surface area contributed by atoms with E-state index in [9.17, 15) is 25.5 Å². The summed E-state index contributed by atoms with van der Waals surface area (Å²) in [6.07, 6.45) is -6.93. The van der Waals surface area contributed by atoms with E-state index in [2.05, 4.69) is 15.0 Å². The second-order valence-electron chi connectivity index (χ2n) is 6.63. The molecule has 4 rings (SSSR count). The second kappa shape index (κ2) is 7.46. The molecule has 2 aromatic heterocycles. The molecule has 2 fully saturated rings. The largest absolute Gasteiger partial charge is 0.394 e. The molecule has 28 heavy (non-hydrogen) atoms. The Morgan fingerprint density at radius 1 is 1.00 bits per heavy atom. The molecular formula is C15H21N5O8. The number of imidazole rings is 1. The van der Waals surface area contributed by atoms with Gasteiger partial charge in [-0.2, -0.15) is 0 Å². The van der Waals surface area contributed by atoms with Crippen LogP contribution in [0.1, 0.15) is 6.23 Å². The fourth-order valence-corrected chi connectivity index (χ4v) is 3.43. The zero-order chi connectivity index (χ0) is 20.0. The van der Waals surface area contributed by atoms with Crippen molar-refractivity contribution in [1.82, 2.24) is 19.5 Å². The van der Waals surface area contributed by atoms with Crippen molar-refractivity contribution in [3.05, 3.63) is 12.7 Å². The molecule has 13 heteroatoms. The van der Waals surface area contributed by atoms with Gasteiger partial charge in [-0.25, -0.2) is 15.0 Å². The number of hydrogen-bond donors (Lipinski definition) is 6. The van der Waals surface area contributed by atoms with Gasteiger partial charge in [-0.05, 0) is 0 Å². The highest BCUT2D eigenvalue weighted by atomic mass is 16.7. The first-order valence-electron chi connectivity index (χ1n) is 8.61. The lowest BCUT2D eigenvalue weighted by molar-refractivity contribution is -0.219. The quantitative estimate of drug-likeness (QED) is 0.290. The van der Waals surface area contributed by atoms with Gasteiger partial charge in [0.25, 0.3) is 0 Å². The third-order valence-electron chi connectivity index (χ3n) is 4.94. The number of rotatable bonds is 5. The summed E-state index contributed by atoms with van der Waals surface area (Å²) in [5, 5.41) is 49.2. The predicted octanol–water partition coefficient (Wildman–Crippen LogP) is -3.52. The number of nitrogens with zero attached hydrogens (tertiary/aromatic N) is 4. The van der Waals surface area contributed by atoms with E-state index in [1.54, 1.807) is 0 Å². The average Bonchev–Trinajstić information content (AvgIpc) is 3.33.